The fourth-order valence-corrected chi connectivity index (χ4v) is 2.97. The molecule has 1 aliphatic heterocycles. The first-order chi connectivity index (χ1) is 13.5. The van der Waals surface area contributed by atoms with E-state index in [9.17, 15) is 0 Å². The maximum atomic E-state index is 6.16. The van der Waals surface area contributed by atoms with Crippen molar-refractivity contribution < 1.29 is 13.9 Å². The Morgan fingerprint density at radius 1 is 1.29 bits per heavy atom. The van der Waals surface area contributed by atoms with Crippen LogP contribution in [0.5, 0.6) is 5.75 Å². The average Bonchev–Trinajstić information content (AvgIpc) is 3.28. The van der Waals surface area contributed by atoms with Gasteiger partial charge < -0.3 is 24.5 Å². The zero-order chi connectivity index (χ0) is 19.9. The number of aliphatic imine (C=N–C) groups is 1. The van der Waals surface area contributed by atoms with Crippen molar-refractivity contribution in [3.05, 3.63) is 46.7 Å². The van der Waals surface area contributed by atoms with Gasteiger partial charge in [0.15, 0.2) is 5.96 Å². The third kappa shape index (κ3) is 5.48. The van der Waals surface area contributed by atoms with Gasteiger partial charge >= 0.3 is 0 Å². The first-order valence-corrected chi connectivity index (χ1v) is 9.84. The lowest BCUT2D eigenvalue weighted by Gasteiger charge is -2.16. The summed E-state index contributed by atoms with van der Waals surface area (Å²) in [4.78, 5) is 9.10. The summed E-state index contributed by atoms with van der Waals surface area (Å²) in [7, 11) is 0. The summed E-state index contributed by atoms with van der Waals surface area (Å²) in [6.45, 7) is 11.1. The molecule has 0 bridgehead atoms. The molecule has 3 rings (SSSR count). The predicted octanol–water partition coefficient (Wildman–Crippen LogP) is 3.02. The van der Waals surface area contributed by atoms with Crippen LogP contribution in [0, 0.1) is 20.8 Å². The van der Waals surface area contributed by atoms with Crippen LogP contribution in [0.3, 0.4) is 0 Å². The quantitative estimate of drug-likeness (QED) is 0.562. The van der Waals surface area contributed by atoms with Crippen LogP contribution in [-0.4, -0.2) is 36.8 Å². The van der Waals surface area contributed by atoms with Crippen molar-refractivity contribution in [1.29, 1.82) is 0 Å². The van der Waals surface area contributed by atoms with Crippen molar-refractivity contribution in [2.24, 2.45) is 4.99 Å². The summed E-state index contributed by atoms with van der Waals surface area (Å²) in [5.41, 5.74) is 3.13. The van der Waals surface area contributed by atoms with Gasteiger partial charge in [-0.3, -0.25) is 0 Å². The molecule has 0 amide bonds. The largest absolute Gasteiger partial charge is 0.488 e. The lowest BCUT2D eigenvalue weighted by atomic mass is 10.1. The second-order valence-electron chi connectivity index (χ2n) is 7.01. The van der Waals surface area contributed by atoms with Crippen LogP contribution in [0.25, 0.3) is 0 Å². The third-order valence-electron chi connectivity index (χ3n) is 4.64. The SMILES string of the molecule is CCNC(=NCc1ccc(C)cc1OC1CCOC1)NCc1nc(C)c(C)o1. The van der Waals surface area contributed by atoms with Crippen molar-refractivity contribution in [2.75, 3.05) is 19.8 Å². The van der Waals surface area contributed by atoms with E-state index in [1.54, 1.807) is 0 Å². The molecule has 1 unspecified atom stereocenters. The van der Waals surface area contributed by atoms with Crippen LogP contribution in [0.15, 0.2) is 27.6 Å². The molecule has 7 heteroatoms. The molecular weight excluding hydrogens is 356 g/mol. The summed E-state index contributed by atoms with van der Waals surface area (Å²) in [6.07, 6.45) is 1.04. The highest BCUT2D eigenvalue weighted by atomic mass is 16.5. The van der Waals surface area contributed by atoms with Gasteiger partial charge in [0.1, 0.15) is 17.6 Å². The van der Waals surface area contributed by atoms with Gasteiger partial charge in [0.05, 0.1) is 32.0 Å². The molecular formula is C21H30N4O3. The smallest absolute Gasteiger partial charge is 0.214 e. The molecule has 0 aliphatic carbocycles. The molecule has 1 saturated heterocycles. The van der Waals surface area contributed by atoms with Crippen molar-refractivity contribution in [2.45, 2.75) is 53.3 Å². The molecule has 0 radical (unpaired) electrons. The van der Waals surface area contributed by atoms with E-state index in [4.69, 9.17) is 18.9 Å². The fourth-order valence-electron chi connectivity index (χ4n) is 2.97. The normalized spacial score (nSPS) is 17.0. The lowest BCUT2D eigenvalue weighted by Crippen LogP contribution is -2.36. The zero-order valence-corrected chi connectivity index (χ0v) is 17.2. The van der Waals surface area contributed by atoms with Gasteiger partial charge in [-0.25, -0.2) is 9.98 Å². The lowest BCUT2D eigenvalue weighted by molar-refractivity contribution is 0.140. The number of oxazole rings is 1. The minimum atomic E-state index is 0.118. The average molecular weight is 386 g/mol. The number of hydrogen-bond donors (Lipinski definition) is 2. The van der Waals surface area contributed by atoms with Gasteiger partial charge in [-0.2, -0.15) is 0 Å². The minimum Gasteiger partial charge on any atom is -0.488 e. The van der Waals surface area contributed by atoms with Gasteiger partial charge in [0, 0.05) is 18.5 Å². The van der Waals surface area contributed by atoms with Gasteiger partial charge in [0.25, 0.3) is 0 Å². The number of ether oxygens (including phenoxy) is 2. The van der Waals surface area contributed by atoms with Gasteiger partial charge in [-0.1, -0.05) is 12.1 Å². The van der Waals surface area contributed by atoms with E-state index in [1.165, 1.54) is 5.56 Å². The molecule has 28 heavy (non-hydrogen) atoms. The van der Waals surface area contributed by atoms with Gasteiger partial charge in [-0.05, 0) is 39.3 Å². The fraction of sp³-hybridized carbons (Fsp3) is 0.524. The monoisotopic (exact) mass is 386 g/mol. The van der Waals surface area contributed by atoms with Crippen LogP contribution in [0.4, 0.5) is 0 Å². The summed E-state index contributed by atoms with van der Waals surface area (Å²) in [5, 5.41) is 6.53. The first kappa shape index (κ1) is 20.2. The molecule has 7 nitrogen and oxygen atoms in total. The highest BCUT2D eigenvalue weighted by Gasteiger charge is 2.18. The Morgan fingerprint density at radius 2 is 2.14 bits per heavy atom. The van der Waals surface area contributed by atoms with Crippen molar-refractivity contribution in [3.63, 3.8) is 0 Å². The Balaban J connectivity index is 1.67. The number of aromatic nitrogens is 1. The summed E-state index contributed by atoms with van der Waals surface area (Å²) < 4.78 is 17.2. The van der Waals surface area contributed by atoms with Crippen LogP contribution in [0.2, 0.25) is 0 Å². The van der Waals surface area contributed by atoms with E-state index in [-0.39, 0.29) is 6.10 Å². The second-order valence-corrected chi connectivity index (χ2v) is 7.01. The van der Waals surface area contributed by atoms with Crippen molar-refractivity contribution in [1.82, 2.24) is 15.6 Å². The zero-order valence-electron chi connectivity index (χ0n) is 17.2. The van der Waals surface area contributed by atoms with E-state index < -0.39 is 0 Å². The Bertz CT molecular complexity index is 790. The van der Waals surface area contributed by atoms with Crippen LogP contribution in [0.1, 0.15) is 41.8 Å². The summed E-state index contributed by atoms with van der Waals surface area (Å²) in [5.74, 6) is 3.10. The number of rotatable bonds is 7. The van der Waals surface area contributed by atoms with E-state index >= 15 is 0 Å². The molecule has 0 saturated carbocycles. The third-order valence-corrected chi connectivity index (χ3v) is 4.64. The van der Waals surface area contributed by atoms with Crippen LogP contribution >= 0.6 is 0 Å². The minimum absolute atomic E-state index is 0.118. The van der Waals surface area contributed by atoms with E-state index in [2.05, 4.69) is 40.7 Å². The maximum Gasteiger partial charge on any atom is 0.214 e. The van der Waals surface area contributed by atoms with Gasteiger partial charge in [-0.15, -0.1) is 0 Å². The van der Waals surface area contributed by atoms with Gasteiger partial charge in [0.2, 0.25) is 5.89 Å². The first-order valence-electron chi connectivity index (χ1n) is 9.84. The Morgan fingerprint density at radius 3 is 2.82 bits per heavy atom. The predicted molar refractivity (Wildman–Crippen MR) is 109 cm³/mol. The molecule has 2 N–H and O–H groups in total. The highest BCUT2D eigenvalue weighted by Crippen LogP contribution is 2.24. The van der Waals surface area contributed by atoms with E-state index in [0.29, 0.717) is 31.5 Å². The summed E-state index contributed by atoms with van der Waals surface area (Å²) in [6, 6.07) is 6.23. The molecule has 1 aromatic heterocycles. The molecule has 152 valence electrons. The van der Waals surface area contributed by atoms with Crippen molar-refractivity contribution in [3.8, 4) is 5.75 Å². The van der Waals surface area contributed by atoms with E-state index in [0.717, 1.165) is 42.3 Å². The Labute approximate surface area is 166 Å². The number of hydrogen-bond acceptors (Lipinski definition) is 5. The molecule has 1 aliphatic rings. The summed E-state index contributed by atoms with van der Waals surface area (Å²) >= 11 is 0. The van der Waals surface area contributed by atoms with Crippen LogP contribution in [-0.2, 0) is 17.8 Å². The molecule has 1 fully saturated rings. The Hall–Kier alpha value is -2.54. The number of aryl methyl sites for hydroxylation is 3. The van der Waals surface area contributed by atoms with Crippen molar-refractivity contribution >= 4 is 5.96 Å². The van der Waals surface area contributed by atoms with E-state index in [1.807, 2.05) is 20.8 Å². The molecule has 1 atom stereocenters. The molecule has 1 aromatic carbocycles. The maximum absolute atomic E-state index is 6.16. The Kier molecular flexibility index (Phi) is 6.92. The number of benzene rings is 1. The topological polar surface area (TPSA) is 80.9 Å². The number of guanidine groups is 1. The number of nitrogens with zero attached hydrogens (tertiary/aromatic N) is 2. The number of nitrogens with one attached hydrogen (secondary N) is 2. The molecule has 2 aromatic rings. The molecule has 0 spiro atoms. The highest BCUT2D eigenvalue weighted by molar-refractivity contribution is 5.79. The molecule has 2 heterocycles. The van der Waals surface area contributed by atoms with Crippen LogP contribution < -0.4 is 15.4 Å². The standard InChI is InChI=1S/C21H30N4O3/c1-5-22-21(24-12-20-25-15(3)16(4)27-20)23-11-17-7-6-14(2)10-19(17)28-18-8-9-26-13-18/h6-7,10,18H,5,8-9,11-13H2,1-4H3,(H2,22,23,24). The second kappa shape index (κ2) is 9.59.